The Morgan fingerprint density at radius 3 is 2.88 bits per heavy atom. The molecule has 24 heavy (non-hydrogen) atoms. The van der Waals surface area contributed by atoms with Crippen molar-refractivity contribution < 1.29 is 4.74 Å². The van der Waals surface area contributed by atoms with Gasteiger partial charge in [0.25, 0.3) is 0 Å². The van der Waals surface area contributed by atoms with Gasteiger partial charge in [-0.3, -0.25) is 0 Å². The summed E-state index contributed by atoms with van der Waals surface area (Å²) in [4.78, 5) is 6.56. The number of allylic oxidation sites excluding steroid dienone is 1. The zero-order valence-electron chi connectivity index (χ0n) is 12.8. The van der Waals surface area contributed by atoms with Crippen molar-refractivity contribution in [3.8, 4) is 11.8 Å². The Hall–Kier alpha value is -3.21. The van der Waals surface area contributed by atoms with Crippen molar-refractivity contribution in [2.75, 3.05) is 7.11 Å². The first kappa shape index (κ1) is 15.7. The second-order valence-electron chi connectivity index (χ2n) is 5.10. The lowest BCUT2D eigenvalue weighted by Gasteiger charge is -2.06. The third kappa shape index (κ3) is 2.84. The van der Waals surface area contributed by atoms with Crippen LogP contribution in [0.3, 0.4) is 0 Å². The van der Waals surface area contributed by atoms with E-state index in [1.54, 1.807) is 43.6 Å². The van der Waals surface area contributed by atoms with Gasteiger partial charge in [-0.25, -0.2) is 4.85 Å². The van der Waals surface area contributed by atoms with Crippen LogP contribution in [-0.4, -0.2) is 12.1 Å². The lowest BCUT2D eigenvalue weighted by atomic mass is 10.0. The van der Waals surface area contributed by atoms with Gasteiger partial charge in [-0.15, -0.1) is 0 Å². The third-order valence-electron chi connectivity index (χ3n) is 3.70. The zero-order valence-corrected chi connectivity index (χ0v) is 13.6. The summed E-state index contributed by atoms with van der Waals surface area (Å²) in [6.07, 6.45) is 3.50. The number of hydrogen-bond acceptors (Lipinski definition) is 2. The van der Waals surface area contributed by atoms with Crippen molar-refractivity contribution in [2.45, 2.75) is 0 Å². The maximum Gasteiger partial charge on any atom is 0.188 e. The van der Waals surface area contributed by atoms with E-state index in [0.717, 1.165) is 16.5 Å². The monoisotopic (exact) mass is 333 g/mol. The molecule has 0 saturated heterocycles. The lowest BCUT2D eigenvalue weighted by molar-refractivity contribution is 0.414. The van der Waals surface area contributed by atoms with Crippen LogP contribution in [0.4, 0.5) is 5.69 Å². The number of ether oxygens (including phenoxy) is 1. The number of rotatable bonds is 3. The lowest BCUT2D eigenvalue weighted by Crippen LogP contribution is -1.87. The minimum absolute atomic E-state index is 0.462. The molecule has 0 aliphatic heterocycles. The number of halogens is 1. The number of nitriles is 1. The highest BCUT2D eigenvalue weighted by molar-refractivity contribution is 6.31. The summed E-state index contributed by atoms with van der Waals surface area (Å²) in [5.41, 5.74) is 3.28. The molecule has 0 aliphatic carbocycles. The van der Waals surface area contributed by atoms with Gasteiger partial charge in [-0.2, -0.15) is 5.26 Å². The summed E-state index contributed by atoms with van der Waals surface area (Å²) in [5.74, 6) is 0.605. The second kappa shape index (κ2) is 6.50. The summed E-state index contributed by atoms with van der Waals surface area (Å²) >= 11 is 6.07. The van der Waals surface area contributed by atoms with Crippen LogP contribution >= 0.6 is 11.6 Å². The van der Waals surface area contributed by atoms with E-state index in [2.05, 4.69) is 15.9 Å². The van der Waals surface area contributed by atoms with Crippen LogP contribution in [0.1, 0.15) is 11.1 Å². The standard InChI is InChI=1S/C19H12ClN3O/c1-22-15-4-6-19(24-2)12(8-15)7-13(10-21)17-11-23-18-5-3-14(20)9-16(17)18/h3-9,11,23H,2H3/b13-7+. The van der Waals surface area contributed by atoms with Crippen LogP contribution in [0.5, 0.6) is 5.75 Å². The highest BCUT2D eigenvalue weighted by Gasteiger charge is 2.11. The Kier molecular flexibility index (Phi) is 4.24. The number of benzene rings is 2. The molecular weight excluding hydrogens is 322 g/mol. The predicted octanol–water partition coefficient (Wildman–Crippen LogP) is 5.44. The molecule has 0 spiro atoms. The number of nitrogens with one attached hydrogen (secondary N) is 1. The van der Waals surface area contributed by atoms with Crippen LogP contribution in [0.2, 0.25) is 5.02 Å². The number of aromatic nitrogens is 1. The van der Waals surface area contributed by atoms with Crippen molar-refractivity contribution in [2.24, 2.45) is 0 Å². The van der Waals surface area contributed by atoms with Gasteiger partial charge >= 0.3 is 0 Å². The summed E-state index contributed by atoms with van der Waals surface area (Å²) in [6, 6.07) is 12.8. The number of hydrogen-bond donors (Lipinski definition) is 1. The van der Waals surface area contributed by atoms with Gasteiger partial charge in [0, 0.05) is 33.2 Å². The van der Waals surface area contributed by atoms with Crippen LogP contribution in [0.25, 0.3) is 27.4 Å². The number of methoxy groups -OCH3 is 1. The Labute approximate surface area is 144 Å². The molecule has 3 rings (SSSR count). The third-order valence-corrected chi connectivity index (χ3v) is 3.93. The van der Waals surface area contributed by atoms with Crippen molar-refractivity contribution in [3.63, 3.8) is 0 Å². The SMILES string of the molecule is [C-]#[N+]c1ccc(OC)c(/C=C(\C#N)c2c[nH]c3ccc(Cl)cc23)c1. The Morgan fingerprint density at radius 1 is 1.33 bits per heavy atom. The largest absolute Gasteiger partial charge is 0.496 e. The summed E-state index contributed by atoms with van der Waals surface area (Å²) in [7, 11) is 1.56. The van der Waals surface area contributed by atoms with Crippen molar-refractivity contribution in [1.29, 1.82) is 5.26 Å². The van der Waals surface area contributed by atoms with Gasteiger partial charge in [0.05, 0.1) is 25.3 Å². The molecular formula is C19H12ClN3O. The average molecular weight is 334 g/mol. The van der Waals surface area contributed by atoms with Gasteiger partial charge in [-0.1, -0.05) is 17.7 Å². The molecule has 1 heterocycles. The summed E-state index contributed by atoms with van der Waals surface area (Å²) in [5, 5.41) is 11.1. The average Bonchev–Trinajstić information content (AvgIpc) is 3.02. The first-order valence-electron chi connectivity index (χ1n) is 7.10. The van der Waals surface area contributed by atoms with Gasteiger partial charge in [0.15, 0.2) is 5.69 Å². The molecule has 0 atom stereocenters. The van der Waals surface area contributed by atoms with Crippen LogP contribution in [0.15, 0.2) is 42.6 Å². The van der Waals surface area contributed by atoms with E-state index >= 15 is 0 Å². The number of H-pyrrole nitrogens is 1. The fraction of sp³-hybridized carbons (Fsp3) is 0.0526. The Balaban J connectivity index is 2.19. The van der Waals surface area contributed by atoms with E-state index in [0.29, 0.717) is 27.6 Å². The van der Waals surface area contributed by atoms with Crippen molar-refractivity contribution >= 4 is 39.8 Å². The van der Waals surface area contributed by atoms with E-state index < -0.39 is 0 Å². The van der Waals surface area contributed by atoms with Gasteiger partial charge in [0.2, 0.25) is 0 Å². The Bertz CT molecular complexity index is 1030. The highest BCUT2D eigenvalue weighted by atomic mass is 35.5. The van der Waals surface area contributed by atoms with E-state index in [1.165, 1.54) is 0 Å². The molecule has 0 aliphatic rings. The first-order valence-corrected chi connectivity index (χ1v) is 7.48. The van der Waals surface area contributed by atoms with E-state index in [1.807, 2.05) is 12.1 Å². The molecule has 0 radical (unpaired) electrons. The molecule has 0 unspecified atom stereocenters. The fourth-order valence-corrected chi connectivity index (χ4v) is 2.72. The normalized spacial score (nSPS) is 11.1. The van der Waals surface area contributed by atoms with Crippen LogP contribution in [-0.2, 0) is 0 Å². The molecule has 5 heteroatoms. The first-order chi connectivity index (χ1) is 11.7. The van der Waals surface area contributed by atoms with E-state index in [-0.39, 0.29) is 0 Å². The molecule has 4 nitrogen and oxygen atoms in total. The fourth-order valence-electron chi connectivity index (χ4n) is 2.55. The predicted molar refractivity (Wildman–Crippen MR) is 96.0 cm³/mol. The van der Waals surface area contributed by atoms with Gasteiger partial charge in [-0.05, 0) is 36.4 Å². The number of aromatic amines is 1. The van der Waals surface area contributed by atoms with E-state index in [4.69, 9.17) is 22.9 Å². The molecule has 0 fully saturated rings. The molecule has 116 valence electrons. The topological polar surface area (TPSA) is 53.2 Å². The number of fused-ring (bicyclic) bond motifs is 1. The molecule has 0 bridgehead atoms. The molecule has 1 N–H and O–H groups in total. The quantitative estimate of drug-likeness (QED) is 0.512. The second-order valence-corrected chi connectivity index (χ2v) is 5.54. The minimum atomic E-state index is 0.462. The van der Waals surface area contributed by atoms with Crippen molar-refractivity contribution in [1.82, 2.24) is 4.98 Å². The zero-order chi connectivity index (χ0) is 17.1. The molecule has 3 aromatic rings. The molecule has 0 saturated carbocycles. The van der Waals surface area contributed by atoms with Crippen LogP contribution in [0, 0.1) is 17.9 Å². The molecule has 1 aromatic heterocycles. The minimum Gasteiger partial charge on any atom is -0.496 e. The van der Waals surface area contributed by atoms with Crippen molar-refractivity contribution in [3.05, 3.63) is 70.2 Å². The molecule has 0 amide bonds. The summed E-state index contributed by atoms with van der Waals surface area (Å²) in [6.45, 7) is 7.14. The van der Waals surface area contributed by atoms with Gasteiger partial charge in [0.1, 0.15) is 5.75 Å². The Morgan fingerprint density at radius 2 is 2.17 bits per heavy atom. The highest BCUT2D eigenvalue weighted by Crippen LogP contribution is 2.32. The smallest absolute Gasteiger partial charge is 0.188 e. The van der Waals surface area contributed by atoms with Crippen LogP contribution < -0.4 is 4.74 Å². The summed E-state index contributed by atoms with van der Waals surface area (Å²) < 4.78 is 5.33. The number of nitrogens with zero attached hydrogens (tertiary/aromatic N) is 2. The maximum atomic E-state index is 9.61. The van der Waals surface area contributed by atoms with Gasteiger partial charge < -0.3 is 9.72 Å². The maximum absolute atomic E-state index is 9.61. The van der Waals surface area contributed by atoms with E-state index in [9.17, 15) is 5.26 Å². The molecule has 2 aromatic carbocycles.